The number of sulfonamides is 1. The van der Waals surface area contributed by atoms with Crippen molar-refractivity contribution in [2.75, 3.05) is 27.9 Å². The lowest BCUT2D eigenvalue weighted by molar-refractivity contribution is -0.143. The van der Waals surface area contributed by atoms with Gasteiger partial charge in [-0.05, 0) is 55.3 Å². The van der Waals surface area contributed by atoms with Crippen LogP contribution in [0.3, 0.4) is 0 Å². The molecule has 0 amide bonds. The first-order valence-corrected chi connectivity index (χ1v) is 14.3. The summed E-state index contributed by atoms with van der Waals surface area (Å²) in [7, 11) is 0.448. The van der Waals surface area contributed by atoms with Crippen LogP contribution in [0.25, 0.3) is 0 Å². The molecule has 202 valence electrons. The number of nitrogens with zero attached hydrogens (tertiary/aromatic N) is 1. The van der Waals surface area contributed by atoms with E-state index in [1.54, 1.807) is 36.4 Å². The van der Waals surface area contributed by atoms with Gasteiger partial charge in [-0.1, -0.05) is 35.9 Å². The predicted octanol–water partition coefficient (Wildman–Crippen LogP) is 5.02. The number of benzene rings is 3. The predicted molar refractivity (Wildman–Crippen MR) is 146 cm³/mol. The highest BCUT2D eigenvalue weighted by Crippen LogP contribution is 2.47. The molecule has 0 saturated carbocycles. The number of carboxylic acid groups (broad SMARTS) is 1. The summed E-state index contributed by atoms with van der Waals surface area (Å²) in [6.45, 7) is 1.69. The van der Waals surface area contributed by atoms with Gasteiger partial charge in [-0.3, -0.25) is 4.79 Å². The molecule has 0 aliphatic carbocycles. The maximum Gasteiger partial charge on any atom is 0.308 e. The van der Waals surface area contributed by atoms with Gasteiger partial charge in [-0.25, -0.2) is 8.42 Å². The van der Waals surface area contributed by atoms with Crippen molar-refractivity contribution < 1.29 is 32.5 Å². The fourth-order valence-electron chi connectivity index (χ4n) is 4.69. The van der Waals surface area contributed by atoms with Gasteiger partial charge >= 0.3 is 5.97 Å². The van der Waals surface area contributed by atoms with Crippen LogP contribution < -0.4 is 14.2 Å². The molecule has 3 aromatic rings. The molecule has 1 saturated heterocycles. The molecule has 0 unspecified atom stereocenters. The fraction of sp³-hybridized carbons (Fsp3) is 0.321. The number of carboxylic acids is 1. The van der Waals surface area contributed by atoms with Gasteiger partial charge in [-0.2, -0.15) is 4.31 Å². The summed E-state index contributed by atoms with van der Waals surface area (Å²) in [6.07, 6.45) is 0.264. The first-order chi connectivity index (χ1) is 18.2. The van der Waals surface area contributed by atoms with Gasteiger partial charge in [0.1, 0.15) is 0 Å². The van der Waals surface area contributed by atoms with Crippen LogP contribution in [0.4, 0.5) is 0 Å². The van der Waals surface area contributed by atoms with Crippen LogP contribution in [-0.4, -0.2) is 56.9 Å². The van der Waals surface area contributed by atoms with Gasteiger partial charge in [0.15, 0.2) is 11.5 Å². The number of hydrogen-bond donors (Lipinski definition) is 1. The van der Waals surface area contributed by atoms with Gasteiger partial charge in [0.25, 0.3) is 0 Å². The number of aliphatic carboxylic acids is 1. The monoisotopic (exact) mass is 557 g/mol. The summed E-state index contributed by atoms with van der Waals surface area (Å²) in [5.74, 6) is -0.782. The zero-order valence-electron chi connectivity index (χ0n) is 21.7. The Bertz CT molecular complexity index is 1350. The van der Waals surface area contributed by atoms with Crippen LogP contribution in [0.1, 0.15) is 23.6 Å². The van der Waals surface area contributed by atoms with Crippen LogP contribution in [0.2, 0.25) is 0 Å². The second-order valence-electron chi connectivity index (χ2n) is 9.01. The summed E-state index contributed by atoms with van der Waals surface area (Å²) in [5, 5.41) is 9.79. The first kappa shape index (κ1) is 27.8. The molecule has 10 heteroatoms. The highest BCUT2D eigenvalue weighted by molar-refractivity contribution is 8.00. The Hall–Kier alpha value is -3.21. The highest BCUT2D eigenvalue weighted by Gasteiger charge is 2.46. The maximum absolute atomic E-state index is 14.0. The summed E-state index contributed by atoms with van der Waals surface area (Å²) in [4.78, 5) is 13.5. The van der Waals surface area contributed by atoms with Crippen molar-refractivity contribution in [2.24, 2.45) is 5.92 Å². The van der Waals surface area contributed by atoms with E-state index in [2.05, 4.69) is 0 Å². The van der Waals surface area contributed by atoms with E-state index in [0.29, 0.717) is 22.8 Å². The number of carbonyl (C=O) groups is 1. The lowest BCUT2D eigenvalue weighted by atomic mass is 9.90. The van der Waals surface area contributed by atoms with Crippen molar-refractivity contribution in [3.63, 3.8) is 0 Å². The third-order valence-electron chi connectivity index (χ3n) is 6.68. The van der Waals surface area contributed by atoms with Crippen LogP contribution >= 0.6 is 11.8 Å². The average molecular weight is 558 g/mol. The molecule has 4 rings (SSSR count). The molecule has 3 aromatic carbocycles. The van der Waals surface area contributed by atoms with Crippen LogP contribution in [0.15, 0.2) is 76.5 Å². The van der Waals surface area contributed by atoms with Crippen LogP contribution in [0, 0.1) is 12.8 Å². The lowest BCUT2D eigenvalue weighted by Gasteiger charge is -2.42. The molecule has 1 N–H and O–H groups in total. The minimum absolute atomic E-state index is 0.110. The molecule has 0 radical (unpaired) electrons. The Morgan fingerprint density at radius 1 is 0.947 bits per heavy atom. The van der Waals surface area contributed by atoms with Gasteiger partial charge in [0, 0.05) is 16.7 Å². The zero-order valence-corrected chi connectivity index (χ0v) is 23.3. The van der Waals surface area contributed by atoms with E-state index >= 15 is 0 Å². The third kappa shape index (κ3) is 5.62. The van der Waals surface area contributed by atoms with E-state index in [1.807, 2.05) is 37.3 Å². The Morgan fingerprint density at radius 3 is 2.08 bits per heavy atom. The quantitative estimate of drug-likeness (QED) is 0.391. The molecular formula is C28H31NO7S2. The van der Waals surface area contributed by atoms with Crippen molar-refractivity contribution in [3.05, 3.63) is 77.9 Å². The standard InChI is InChI=1S/C28H31NO7S2/c1-18-10-12-21(13-11-18)38(32,33)29-17-22(28(30)31)26(37-20-8-6-5-7-9-20)16-23(29)19-14-24(34-2)27(36-4)25(15-19)35-3/h5-15,22-23,26H,16-17H2,1-4H3,(H,30,31)/t22-,23+,26-/m1/s1. The van der Waals surface area contributed by atoms with Gasteiger partial charge in [0.2, 0.25) is 15.8 Å². The second-order valence-corrected chi connectivity index (χ2v) is 12.2. The Labute approximate surface area is 227 Å². The van der Waals surface area contributed by atoms with Gasteiger partial charge in [-0.15, -0.1) is 11.8 Å². The molecular weight excluding hydrogens is 526 g/mol. The van der Waals surface area contributed by atoms with Crippen molar-refractivity contribution >= 4 is 27.8 Å². The SMILES string of the molecule is COc1cc([C@@H]2C[C@@H](Sc3ccccc3)[C@H](C(=O)O)CN2S(=O)(=O)c2ccc(C)cc2)cc(OC)c1OC. The minimum Gasteiger partial charge on any atom is -0.493 e. The number of thioether (sulfide) groups is 1. The molecule has 0 bridgehead atoms. The van der Waals surface area contributed by atoms with Crippen molar-refractivity contribution in [3.8, 4) is 17.2 Å². The molecule has 0 aromatic heterocycles. The topological polar surface area (TPSA) is 102 Å². The summed E-state index contributed by atoms with van der Waals surface area (Å²) in [5.41, 5.74) is 1.55. The number of ether oxygens (including phenoxy) is 3. The average Bonchev–Trinajstić information content (AvgIpc) is 2.92. The first-order valence-electron chi connectivity index (χ1n) is 12.0. The molecule has 1 heterocycles. The summed E-state index contributed by atoms with van der Waals surface area (Å²) < 4.78 is 45.8. The zero-order chi connectivity index (χ0) is 27.4. The van der Waals surface area contributed by atoms with Crippen molar-refractivity contribution in [1.82, 2.24) is 4.31 Å². The Morgan fingerprint density at radius 2 is 1.55 bits per heavy atom. The van der Waals surface area contributed by atoms with E-state index in [4.69, 9.17) is 14.2 Å². The molecule has 1 fully saturated rings. The number of methoxy groups -OCH3 is 3. The summed E-state index contributed by atoms with van der Waals surface area (Å²) >= 11 is 1.45. The van der Waals surface area contributed by atoms with E-state index in [0.717, 1.165) is 10.5 Å². The van der Waals surface area contributed by atoms with Crippen LogP contribution in [0.5, 0.6) is 17.2 Å². The minimum atomic E-state index is -4.05. The maximum atomic E-state index is 14.0. The van der Waals surface area contributed by atoms with Gasteiger partial charge < -0.3 is 19.3 Å². The van der Waals surface area contributed by atoms with E-state index in [-0.39, 0.29) is 23.1 Å². The van der Waals surface area contributed by atoms with E-state index < -0.39 is 28.0 Å². The number of piperidine rings is 1. The number of rotatable bonds is 9. The Balaban J connectivity index is 1.85. The molecule has 8 nitrogen and oxygen atoms in total. The van der Waals surface area contributed by atoms with Crippen LogP contribution in [-0.2, 0) is 14.8 Å². The molecule has 0 spiro atoms. The molecule has 1 aliphatic heterocycles. The molecule has 1 aliphatic rings. The number of hydrogen-bond acceptors (Lipinski definition) is 7. The Kier molecular flexibility index (Phi) is 8.54. The third-order valence-corrected chi connectivity index (χ3v) is 9.93. The van der Waals surface area contributed by atoms with Crippen molar-refractivity contribution in [2.45, 2.75) is 34.4 Å². The fourth-order valence-corrected chi connectivity index (χ4v) is 7.65. The highest BCUT2D eigenvalue weighted by atomic mass is 32.2. The molecule has 3 atom stereocenters. The smallest absolute Gasteiger partial charge is 0.308 e. The summed E-state index contributed by atoms with van der Waals surface area (Å²) in [6, 6.07) is 18.9. The second kappa shape index (κ2) is 11.7. The lowest BCUT2D eigenvalue weighted by Crippen LogP contribution is -2.49. The van der Waals surface area contributed by atoms with E-state index in [1.165, 1.54) is 37.4 Å². The normalized spacial score (nSPS) is 20.1. The van der Waals surface area contributed by atoms with Crippen molar-refractivity contribution in [1.29, 1.82) is 0 Å². The molecule has 38 heavy (non-hydrogen) atoms. The van der Waals surface area contributed by atoms with Gasteiger partial charge in [0.05, 0.1) is 38.2 Å². The van der Waals surface area contributed by atoms with E-state index in [9.17, 15) is 18.3 Å². The largest absolute Gasteiger partial charge is 0.493 e. The number of aryl methyl sites for hydroxylation is 1.